The number of para-hydroxylation sites is 1. The predicted octanol–water partition coefficient (Wildman–Crippen LogP) is 3.87. The van der Waals surface area contributed by atoms with Crippen molar-refractivity contribution in [1.82, 2.24) is 9.97 Å². The molecule has 0 aliphatic heterocycles. The summed E-state index contributed by atoms with van der Waals surface area (Å²) in [6.07, 6.45) is 1.99. The average Bonchev–Trinajstić information content (AvgIpc) is 2.94. The molecular weight excluding hydrogens is 302 g/mol. The number of carbonyl (C=O) groups excluding carboxylic acids is 1. The Hall–Kier alpha value is -3.21. The van der Waals surface area contributed by atoms with Gasteiger partial charge in [0, 0.05) is 18.5 Å². The van der Waals surface area contributed by atoms with E-state index >= 15 is 0 Å². The third-order valence-electron chi connectivity index (χ3n) is 3.83. The second kappa shape index (κ2) is 5.77. The molecule has 2 aromatic carbocycles. The maximum absolute atomic E-state index is 12.4. The van der Waals surface area contributed by atoms with Crippen molar-refractivity contribution in [3.8, 4) is 0 Å². The highest BCUT2D eigenvalue weighted by molar-refractivity contribution is 6.01. The van der Waals surface area contributed by atoms with E-state index in [1.54, 1.807) is 13.1 Å². The molecule has 0 radical (unpaired) electrons. The van der Waals surface area contributed by atoms with Crippen molar-refractivity contribution < 1.29 is 9.21 Å². The summed E-state index contributed by atoms with van der Waals surface area (Å²) in [5.41, 5.74) is 3.90. The second-order valence-corrected chi connectivity index (χ2v) is 5.64. The SMILES string of the molecule is Cc1nc2cc(CC(=O)Nc3cccc4cccnc34)ccc2o1. The quantitative estimate of drug-likeness (QED) is 0.623. The van der Waals surface area contributed by atoms with Crippen LogP contribution in [0.5, 0.6) is 0 Å². The van der Waals surface area contributed by atoms with Crippen LogP contribution >= 0.6 is 0 Å². The molecule has 0 saturated carbocycles. The largest absolute Gasteiger partial charge is 0.441 e. The molecule has 0 bridgehead atoms. The van der Waals surface area contributed by atoms with Gasteiger partial charge in [-0.3, -0.25) is 9.78 Å². The van der Waals surface area contributed by atoms with Crippen LogP contribution in [0.4, 0.5) is 5.69 Å². The van der Waals surface area contributed by atoms with Crippen molar-refractivity contribution in [3.63, 3.8) is 0 Å². The van der Waals surface area contributed by atoms with Gasteiger partial charge in [0.05, 0.1) is 17.6 Å². The number of aromatic nitrogens is 2. The van der Waals surface area contributed by atoms with Crippen LogP contribution in [0, 0.1) is 6.92 Å². The first-order valence-corrected chi connectivity index (χ1v) is 7.69. The normalized spacial score (nSPS) is 11.0. The standard InChI is InChI=1S/C19H15N3O2/c1-12-21-16-10-13(7-8-17(16)24-12)11-18(23)22-15-6-2-4-14-5-3-9-20-19(14)15/h2-10H,11H2,1H3,(H,22,23). The number of anilines is 1. The van der Waals surface area contributed by atoms with Crippen molar-refractivity contribution in [2.45, 2.75) is 13.3 Å². The van der Waals surface area contributed by atoms with E-state index in [0.29, 0.717) is 5.89 Å². The lowest BCUT2D eigenvalue weighted by Crippen LogP contribution is -2.14. The van der Waals surface area contributed by atoms with Crippen molar-refractivity contribution in [1.29, 1.82) is 0 Å². The minimum absolute atomic E-state index is 0.0901. The number of oxazole rings is 1. The van der Waals surface area contributed by atoms with Crippen molar-refractivity contribution >= 4 is 33.6 Å². The van der Waals surface area contributed by atoms with Gasteiger partial charge in [0.1, 0.15) is 5.52 Å². The van der Waals surface area contributed by atoms with Gasteiger partial charge in [0.25, 0.3) is 0 Å². The van der Waals surface area contributed by atoms with Gasteiger partial charge in [-0.2, -0.15) is 0 Å². The van der Waals surface area contributed by atoms with E-state index in [2.05, 4.69) is 15.3 Å². The Morgan fingerprint density at radius 3 is 2.96 bits per heavy atom. The summed E-state index contributed by atoms with van der Waals surface area (Å²) < 4.78 is 5.45. The van der Waals surface area contributed by atoms with Gasteiger partial charge in [-0.25, -0.2) is 4.98 Å². The fraction of sp³-hybridized carbons (Fsp3) is 0.105. The van der Waals surface area contributed by atoms with Crippen LogP contribution < -0.4 is 5.32 Å². The van der Waals surface area contributed by atoms with Gasteiger partial charge in [-0.15, -0.1) is 0 Å². The van der Waals surface area contributed by atoms with Crippen molar-refractivity contribution in [3.05, 3.63) is 66.2 Å². The summed E-state index contributed by atoms with van der Waals surface area (Å²) in [7, 11) is 0. The molecule has 2 aromatic heterocycles. The Labute approximate surface area is 138 Å². The Morgan fingerprint density at radius 1 is 1.17 bits per heavy atom. The molecule has 0 spiro atoms. The van der Waals surface area contributed by atoms with Gasteiger partial charge in [-0.1, -0.05) is 24.3 Å². The van der Waals surface area contributed by atoms with E-state index in [1.165, 1.54) is 0 Å². The zero-order valence-corrected chi connectivity index (χ0v) is 13.1. The first kappa shape index (κ1) is 14.4. The monoisotopic (exact) mass is 317 g/mol. The van der Waals surface area contributed by atoms with Gasteiger partial charge in [-0.05, 0) is 29.8 Å². The number of amides is 1. The number of aryl methyl sites for hydroxylation is 1. The van der Waals surface area contributed by atoms with E-state index in [-0.39, 0.29) is 12.3 Å². The maximum Gasteiger partial charge on any atom is 0.228 e. The lowest BCUT2D eigenvalue weighted by atomic mass is 10.1. The third kappa shape index (κ3) is 2.72. The number of nitrogens with one attached hydrogen (secondary N) is 1. The van der Waals surface area contributed by atoms with Gasteiger partial charge in [0.15, 0.2) is 11.5 Å². The highest BCUT2D eigenvalue weighted by Gasteiger charge is 2.09. The van der Waals surface area contributed by atoms with Gasteiger partial charge >= 0.3 is 0 Å². The van der Waals surface area contributed by atoms with Crippen LogP contribution in [0.2, 0.25) is 0 Å². The molecule has 0 saturated heterocycles. The number of carbonyl (C=O) groups is 1. The molecule has 4 aromatic rings. The molecule has 0 aliphatic rings. The lowest BCUT2D eigenvalue weighted by molar-refractivity contribution is -0.115. The molecule has 2 heterocycles. The molecule has 4 rings (SSSR count). The second-order valence-electron chi connectivity index (χ2n) is 5.64. The molecule has 0 unspecified atom stereocenters. The molecule has 1 amide bonds. The van der Waals surface area contributed by atoms with Crippen LogP contribution in [0.15, 0.2) is 59.1 Å². The lowest BCUT2D eigenvalue weighted by Gasteiger charge is -2.08. The van der Waals surface area contributed by atoms with E-state index in [1.807, 2.05) is 48.5 Å². The Kier molecular flexibility index (Phi) is 3.46. The number of rotatable bonds is 3. The number of fused-ring (bicyclic) bond motifs is 2. The Balaban J connectivity index is 1.56. The highest BCUT2D eigenvalue weighted by atomic mass is 16.3. The molecular formula is C19H15N3O2. The third-order valence-corrected chi connectivity index (χ3v) is 3.83. The van der Waals surface area contributed by atoms with Crippen LogP contribution in [0.3, 0.4) is 0 Å². The molecule has 5 heteroatoms. The van der Waals surface area contributed by atoms with E-state index in [0.717, 1.165) is 33.3 Å². The number of nitrogens with zero attached hydrogens (tertiary/aromatic N) is 2. The summed E-state index contributed by atoms with van der Waals surface area (Å²) in [6, 6.07) is 15.2. The Bertz CT molecular complexity index is 1050. The van der Waals surface area contributed by atoms with E-state index < -0.39 is 0 Å². The Morgan fingerprint density at radius 2 is 2.04 bits per heavy atom. The van der Waals surface area contributed by atoms with E-state index in [4.69, 9.17) is 4.42 Å². The molecule has 0 aliphatic carbocycles. The van der Waals surface area contributed by atoms with Crippen LogP contribution in [-0.2, 0) is 11.2 Å². The van der Waals surface area contributed by atoms with Gasteiger partial charge in [0.2, 0.25) is 5.91 Å². The summed E-state index contributed by atoms with van der Waals surface area (Å²) in [5.74, 6) is 0.529. The van der Waals surface area contributed by atoms with Crippen LogP contribution in [0.25, 0.3) is 22.0 Å². The van der Waals surface area contributed by atoms with Crippen molar-refractivity contribution in [2.75, 3.05) is 5.32 Å². The topological polar surface area (TPSA) is 68.0 Å². The number of hydrogen-bond acceptors (Lipinski definition) is 4. The summed E-state index contributed by atoms with van der Waals surface area (Å²) in [6.45, 7) is 1.81. The predicted molar refractivity (Wildman–Crippen MR) is 92.8 cm³/mol. The highest BCUT2D eigenvalue weighted by Crippen LogP contribution is 2.21. The molecule has 5 nitrogen and oxygen atoms in total. The molecule has 1 N–H and O–H groups in total. The first-order valence-electron chi connectivity index (χ1n) is 7.69. The number of pyridine rings is 1. The molecule has 118 valence electrons. The van der Waals surface area contributed by atoms with Crippen molar-refractivity contribution in [2.24, 2.45) is 0 Å². The zero-order valence-electron chi connectivity index (χ0n) is 13.1. The van der Waals surface area contributed by atoms with E-state index in [9.17, 15) is 4.79 Å². The minimum atomic E-state index is -0.0901. The molecule has 24 heavy (non-hydrogen) atoms. The number of benzene rings is 2. The number of hydrogen-bond donors (Lipinski definition) is 1. The first-order chi connectivity index (χ1) is 11.7. The summed E-state index contributed by atoms with van der Waals surface area (Å²) in [5, 5.41) is 3.94. The fourth-order valence-electron chi connectivity index (χ4n) is 2.78. The van der Waals surface area contributed by atoms with Crippen LogP contribution in [-0.4, -0.2) is 15.9 Å². The zero-order chi connectivity index (χ0) is 16.5. The van der Waals surface area contributed by atoms with Gasteiger partial charge < -0.3 is 9.73 Å². The summed E-state index contributed by atoms with van der Waals surface area (Å²) in [4.78, 5) is 21.0. The summed E-state index contributed by atoms with van der Waals surface area (Å²) >= 11 is 0. The fourth-order valence-corrected chi connectivity index (χ4v) is 2.78. The maximum atomic E-state index is 12.4. The van der Waals surface area contributed by atoms with Crippen LogP contribution in [0.1, 0.15) is 11.5 Å². The molecule has 0 atom stereocenters. The average molecular weight is 317 g/mol. The molecule has 0 fully saturated rings. The smallest absolute Gasteiger partial charge is 0.228 e. The minimum Gasteiger partial charge on any atom is -0.441 e.